The predicted octanol–water partition coefficient (Wildman–Crippen LogP) is 11.1. The zero-order chi connectivity index (χ0) is 26.5. The first-order chi connectivity index (χ1) is 19.8. The van der Waals surface area contributed by atoms with Gasteiger partial charge in [-0.1, -0.05) is 115 Å². The predicted molar refractivity (Wildman–Crippen MR) is 175 cm³/mol. The van der Waals surface area contributed by atoms with Crippen LogP contribution in [-0.2, 0) is 0 Å². The Morgan fingerprint density at radius 3 is 2.15 bits per heavy atom. The lowest BCUT2D eigenvalue weighted by atomic mass is 9.98. The van der Waals surface area contributed by atoms with E-state index in [0.29, 0.717) is 0 Å². The second-order valence-electron chi connectivity index (χ2n) is 10.5. The summed E-state index contributed by atoms with van der Waals surface area (Å²) in [6, 6.07) is 44.8. The molecule has 190 valence electrons. The Hall–Kier alpha value is -4.66. The van der Waals surface area contributed by atoms with Gasteiger partial charge in [0.2, 0.25) is 0 Å². The summed E-state index contributed by atoms with van der Waals surface area (Å²) in [5.41, 5.74) is 4.93. The maximum atomic E-state index is 2.55. The lowest BCUT2D eigenvalue weighted by molar-refractivity contribution is 0.788. The number of rotatable bonds is 4. The van der Waals surface area contributed by atoms with Crippen LogP contribution in [0.3, 0.4) is 0 Å². The Kier molecular flexibility index (Phi) is 5.53. The second kappa shape index (κ2) is 9.51. The highest BCUT2D eigenvalue weighted by Crippen LogP contribution is 2.46. The van der Waals surface area contributed by atoms with Crippen molar-refractivity contribution in [2.75, 3.05) is 4.90 Å². The summed E-state index contributed by atoms with van der Waals surface area (Å²) < 4.78 is 2.70. The van der Waals surface area contributed by atoms with Crippen molar-refractivity contribution in [1.29, 1.82) is 0 Å². The highest BCUT2D eigenvalue weighted by molar-refractivity contribution is 7.26. The van der Waals surface area contributed by atoms with Crippen molar-refractivity contribution in [1.82, 2.24) is 0 Å². The molecule has 0 saturated heterocycles. The van der Waals surface area contributed by atoms with Crippen molar-refractivity contribution in [2.24, 2.45) is 0 Å². The number of allylic oxidation sites excluding steroid dienone is 2. The zero-order valence-electron chi connectivity index (χ0n) is 22.0. The number of anilines is 2. The number of benzene rings is 6. The van der Waals surface area contributed by atoms with Crippen LogP contribution in [0.1, 0.15) is 6.42 Å². The fourth-order valence-corrected chi connectivity index (χ4v) is 7.45. The third-order valence-electron chi connectivity index (χ3n) is 8.10. The number of hydrogen-bond donors (Lipinski definition) is 0. The molecule has 0 aliphatic heterocycles. The molecule has 6 aromatic carbocycles. The van der Waals surface area contributed by atoms with E-state index in [9.17, 15) is 0 Å². The Bertz CT molecular complexity index is 2100. The summed E-state index contributed by atoms with van der Waals surface area (Å²) in [6.45, 7) is 0. The minimum Gasteiger partial charge on any atom is -0.334 e. The van der Waals surface area contributed by atoms with Gasteiger partial charge in [-0.2, -0.15) is 0 Å². The third-order valence-corrected chi connectivity index (χ3v) is 9.31. The molecule has 1 aliphatic rings. The van der Waals surface area contributed by atoms with Crippen LogP contribution in [0.15, 0.2) is 146 Å². The van der Waals surface area contributed by atoms with Gasteiger partial charge in [0, 0.05) is 36.6 Å². The first-order valence-electron chi connectivity index (χ1n) is 13.9. The van der Waals surface area contributed by atoms with Crippen LogP contribution < -0.4 is 4.90 Å². The SMILES string of the molecule is C1=CCC(N(c2cccc(-c3ccccc3)c2)c2cc3c4cc5ccccc5cc4sc3c3ccccc23)C=C1. The van der Waals surface area contributed by atoms with Gasteiger partial charge in [-0.15, -0.1) is 11.3 Å². The second-order valence-corrected chi connectivity index (χ2v) is 11.6. The van der Waals surface area contributed by atoms with Gasteiger partial charge in [-0.25, -0.2) is 0 Å². The van der Waals surface area contributed by atoms with Crippen molar-refractivity contribution < 1.29 is 0 Å². The molecule has 1 aromatic heterocycles. The van der Waals surface area contributed by atoms with E-state index >= 15 is 0 Å². The van der Waals surface area contributed by atoms with Crippen molar-refractivity contribution in [3.8, 4) is 11.1 Å². The maximum Gasteiger partial charge on any atom is 0.0560 e. The molecular formula is C38H27NS. The minimum atomic E-state index is 0.225. The minimum absolute atomic E-state index is 0.225. The van der Waals surface area contributed by atoms with Gasteiger partial charge in [0.25, 0.3) is 0 Å². The molecule has 1 nitrogen and oxygen atoms in total. The van der Waals surface area contributed by atoms with Gasteiger partial charge >= 0.3 is 0 Å². The molecule has 1 heterocycles. The first kappa shape index (κ1) is 23.2. The molecule has 0 N–H and O–H groups in total. The summed E-state index contributed by atoms with van der Waals surface area (Å²) in [5, 5.41) is 7.86. The van der Waals surface area contributed by atoms with Crippen LogP contribution in [0, 0.1) is 0 Å². The molecule has 0 radical (unpaired) electrons. The van der Waals surface area contributed by atoms with E-state index in [1.165, 1.54) is 64.2 Å². The molecule has 7 aromatic rings. The molecule has 1 aliphatic carbocycles. The van der Waals surface area contributed by atoms with Crippen LogP contribution in [-0.4, -0.2) is 6.04 Å². The van der Waals surface area contributed by atoms with Crippen molar-refractivity contribution >= 4 is 64.4 Å². The molecule has 2 heteroatoms. The largest absolute Gasteiger partial charge is 0.334 e. The summed E-state index contributed by atoms with van der Waals surface area (Å²) >= 11 is 1.91. The topological polar surface area (TPSA) is 3.24 Å². The summed E-state index contributed by atoms with van der Waals surface area (Å²) in [6.07, 6.45) is 9.94. The Morgan fingerprint density at radius 2 is 1.32 bits per heavy atom. The lowest BCUT2D eigenvalue weighted by Crippen LogP contribution is -2.30. The summed E-state index contributed by atoms with van der Waals surface area (Å²) in [7, 11) is 0. The van der Waals surface area contributed by atoms with Crippen molar-refractivity contribution in [3.05, 3.63) is 146 Å². The highest BCUT2D eigenvalue weighted by atomic mass is 32.1. The van der Waals surface area contributed by atoms with Gasteiger partial charge in [0.15, 0.2) is 0 Å². The van der Waals surface area contributed by atoms with Gasteiger partial charge in [0.05, 0.1) is 11.7 Å². The number of thiophene rings is 1. The van der Waals surface area contributed by atoms with E-state index in [1.807, 2.05) is 11.3 Å². The van der Waals surface area contributed by atoms with Crippen molar-refractivity contribution in [2.45, 2.75) is 12.5 Å². The maximum absolute atomic E-state index is 2.55. The van der Waals surface area contributed by atoms with Gasteiger partial charge in [-0.3, -0.25) is 0 Å². The average Bonchev–Trinajstić information content (AvgIpc) is 3.39. The zero-order valence-corrected chi connectivity index (χ0v) is 22.8. The molecule has 0 saturated carbocycles. The molecule has 0 fully saturated rings. The standard InChI is InChI=1S/C38H27NS/c1-3-12-26(13-4-1)27-16-11-19-31(22-27)39(30-17-5-2-6-18-30)36-25-35-34-23-28-14-7-8-15-29(28)24-37(34)40-38(35)33-21-10-9-20-32(33)36/h1-17,19-25,30H,18H2. The first-order valence-corrected chi connectivity index (χ1v) is 14.7. The molecule has 0 spiro atoms. The van der Waals surface area contributed by atoms with E-state index in [1.54, 1.807) is 0 Å². The van der Waals surface area contributed by atoms with Crippen LogP contribution in [0.25, 0.3) is 52.8 Å². The quantitative estimate of drug-likeness (QED) is 0.219. The normalized spacial score (nSPS) is 14.9. The van der Waals surface area contributed by atoms with E-state index < -0.39 is 0 Å². The van der Waals surface area contributed by atoms with E-state index in [0.717, 1.165) is 6.42 Å². The van der Waals surface area contributed by atoms with Gasteiger partial charge < -0.3 is 4.90 Å². The molecule has 40 heavy (non-hydrogen) atoms. The molecular weight excluding hydrogens is 502 g/mol. The van der Waals surface area contributed by atoms with E-state index in [4.69, 9.17) is 0 Å². The Labute approximate surface area is 237 Å². The van der Waals surface area contributed by atoms with E-state index in [-0.39, 0.29) is 6.04 Å². The third kappa shape index (κ3) is 3.84. The fourth-order valence-electron chi connectivity index (χ4n) is 6.20. The van der Waals surface area contributed by atoms with Crippen LogP contribution in [0.5, 0.6) is 0 Å². The van der Waals surface area contributed by atoms with Crippen LogP contribution in [0.2, 0.25) is 0 Å². The van der Waals surface area contributed by atoms with Crippen molar-refractivity contribution in [3.63, 3.8) is 0 Å². The van der Waals surface area contributed by atoms with E-state index in [2.05, 4.69) is 151 Å². The van der Waals surface area contributed by atoms with Crippen LogP contribution in [0.4, 0.5) is 11.4 Å². The lowest BCUT2D eigenvalue weighted by Gasteiger charge is -2.34. The smallest absolute Gasteiger partial charge is 0.0560 e. The van der Waals surface area contributed by atoms with Crippen LogP contribution >= 0.6 is 11.3 Å². The molecule has 1 atom stereocenters. The monoisotopic (exact) mass is 529 g/mol. The number of fused-ring (bicyclic) bond motifs is 6. The molecule has 0 bridgehead atoms. The highest BCUT2D eigenvalue weighted by Gasteiger charge is 2.23. The van der Waals surface area contributed by atoms with Gasteiger partial charge in [-0.05, 0) is 58.7 Å². The fraction of sp³-hybridized carbons (Fsp3) is 0.0526. The summed E-state index contributed by atoms with van der Waals surface area (Å²) in [4.78, 5) is 2.55. The summed E-state index contributed by atoms with van der Waals surface area (Å²) in [5.74, 6) is 0. The molecule has 0 amide bonds. The Morgan fingerprint density at radius 1 is 0.575 bits per heavy atom. The Balaban J connectivity index is 1.42. The molecule has 8 rings (SSSR count). The number of hydrogen-bond acceptors (Lipinski definition) is 2. The average molecular weight is 530 g/mol. The van der Waals surface area contributed by atoms with Gasteiger partial charge in [0.1, 0.15) is 0 Å². The number of nitrogens with zero attached hydrogens (tertiary/aromatic N) is 1. The molecule has 1 unspecified atom stereocenters.